The molecular formula is C19H30O5. The molecule has 0 radical (unpaired) electrons. The summed E-state index contributed by atoms with van der Waals surface area (Å²) in [4.78, 5) is 11.4. The lowest BCUT2D eigenvalue weighted by Crippen LogP contribution is -2.22. The monoisotopic (exact) mass is 338 g/mol. The lowest BCUT2D eigenvalue weighted by atomic mass is 9.89. The molecule has 0 bridgehead atoms. The molecule has 0 amide bonds. The first kappa shape index (κ1) is 20.3. The van der Waals surface area contributed by atoms with Gasteiger partial charge in [0.15, 0.2) is 11.5 Å². The van der Waals surface area contributed by atoms with Gasteiger partial charge in [-0.05, 0) is 36.5 Å². The molecule has 1 aromatic carbocycles. The highest BCUT2D eigenvalue weighted by molar-refractivity contribution is 5.70. The Morgan fingerprint density at radius 2 is 1.83 bits per heavy atom. The van der Waals surface area contributed by atoms with E-state index in [0.29, 0.717) is 37.7 Å². The molecule has 1 rings (SSSR count). The van der Waals surface area contributed by atoms with Gasteiger partial charge in [-0.2, -0.15) is 0 Å². The van der Waals surface area contributed by atoms with E-state index < -0.39 is 11.9 Å². The molecule has 24 heavy (non-hydrogen) atoms. The highest BCUT2D eigenvalue weighted by Gasteiger charge is 2.22. The van der Waals surface area contributed by atoms with E-state index in [-0.39, 0.29) is 5.92 Å². The zero-order chi connectivity index (χ0) is 17.9. The molecule has 1 N–H and O–H groups in total. The van der Waals surface area contributed by atoms with Gasteiger partial charge >= 0.3 is 5.97 Å². The van der Waals surface area contributed by atoms with Crippen LogP contribution in [-0.4, -0.2) is 38.0 Å². The van der Waals surface area contributed by atoms with Crippen LogP contribution in [-0.2, 0) is 16.0 Å². The number of rotatable bonds is 12. The van der Waals surface area contributed by atoms with E-state index in [2.05, 4.69) is 0 Å². The zero-order valence-electron chi connectivity index (χ0n) is 15.2. The summed E-state index contributed by atoms with van der Waals surface area (Å²) >= 11 is 0. The molecular weight excluding hydrogens is 308 g/mol. The van der Waals surface area contributed by atoms with Crippen LogP contribution in [0.3, 0.4) is 0 Å². The lowest BCUT2D eigenvalue weighted by Gasteiger charge is -2.18. The highest BCUT2D eigenvalue weighted by Crippen LogP contribution is 2.30. The predicted octanol–water partition coefficient (Wildman–Crippen LogP) is 3.79. The summed E-state index contributed by atoms with van der Waals surface area (Å²) in [5.74, 6) is 0.275. The summed E-state index contributed by atoms with van der Waals surface area (Å²) in [7, 11) is 1.66. The van der Waals surface area contributed by atoms with E-state index in [1.807, 2.05) is 39.0 Å². The first-order chi connectivity index (χ1) is 11.5. The fourth-order valence-corrected chi connectivity index (χ4v) is 2.37. The van der Waals surface area contributed by atoms with Crippen molar-refractivity contribution in [3.63, 3.8) is 0 Å². The third kappa shape index (κ3) is 6.79. The van der Waals surface area contributed by atoms with Crippen LogP contribution in [0.1, 0.15) is 39.2 Å². The Kier molecular flexibility index (Phi) is 9.23. The van der Waals surface area contributed by atoms with E-state index >= 15 is 0 Å². The molecule has 1 aromatic rings. The summed E-state index contributed by atoms with van der Waals surface area (Å²) in [5, 5.41) is 9.38. The Morgan fingerprint density at radius 1 is 1.12 bits per heavy atom. The van der Waals surface area contributed by atoms with Gasteiger partial charge in [0.1, 0.15) is 0 Å². The van der Waals surface area contributed by atoms with E-state index in [9.17, 15) is 9.90 Å². The molecule has 0 aromatic heterocycles. The second-order valence-electron chi connectivity index (χ2n) is 6.22. The van der Waals surface area contributed by atoms with Gasteiger partial charge in [0.05, 0.1) is 19.1 Å². The molecule has 0 aliphatic carbocycles. The van der Waals surface area contributed by atoms with Gasteiger partial charge in [-0.25, -0.2) is 0 Å². The minimum atomic E-state index is -0.765. The molecule has 5 nitrogen and oxygen atoms in total. The molecule has 0 aliphatic rings. The van der Waals surface area contributed by atoms with Crippen molar-refractivity contribution in [3.05, 3.63) is 23.8 Å². The van der Waals surface area contributed by atoms with Crippen LogP contribution in [0.5, 0.6) is 11.5 Å². The van der Waals surface area contributed by atoms with Crippen molar-refractivity contribution in [2.45, 2.75) is 40.0 Å². The quantitative estimate of drug-likeness (QED) is 0.587. The molecule has 0 spiro atoms. The van der Waals surface area contributed by atoms with Crippen molar-refractivity contribution < 1.29 is 24.1 Å². The number of carbonyl (C=O) groups is 1. The van der Waals surface area contributed by atoms with Crippen LogP contribution in [0.25, 0.3) is 0 Å². The Hall–Kier alpha value is -1.75. The van der Waals surface area contributed by atoms with E-state index in [1.54, 1.807) is 7.11 Å². The topological polar surface area (TPSA) is 65.0 Å². The Labute approximate surface area is 144 Å². The summed E-state index contributed by atoms with van der Waals surface area (Å²) in [5.41, 5.74) is 0.946. The van der Waals surface area contributed by atoms with Crippen molar-refractivity contribution in [1.82, 2.24) is 0 Å². The minimum absolute atomic E-state index is 0.0737. The number of methoxy groups -OCH3 is 1. The molecule has 0 saturated carbocycles. The first-order valence-electron chi connectivity index (χ1n) is 8.59. The maximum absolute atomic E-state index is 11.4. The molecule has 136 valence electrons. The molecule has 0 fully saturated rings. The zero-order valence-corrected chi connectivity index (χ0v) is 15.2. The average Bonchev–Trinajstić information content (AvgIpc) is 2.55. The summed E-state index contributed by atoms with van der Waals surface area (Å²) < 4.78 is 16.6. The van der Waals surface area contributed by atoms with E-state index in [0.717, 1.165) is 18.4 Å². The fraction of sp³-hybridized carbons (Fsp3) is 0.632. The minimum Gasteiger partial charge on any atom is -0.490 e. The molecule has 5 heteroatoms. The second kappa shape index (κ2) is 10.9. The number of carboxylic acids is 1. The van der Waals surface area contributed by atoms with Crippen molar-refractivity contribution in [2.75, 3.05) is 26.9 Å². The number of hydrogen-bond donors (Lipinski definition) is 1. The second-order valence-corrected chi connectivity index (χ2v) is 6.22. The van der Waals surface area contributed by atoms with E-state index in [1.165, 1.54) is 0 Å². The lowest BCUT2D eigenvalue weighted by molar-refractivity contribution is -0.143. The number of hydrogen-bond acceptors (Lipinski definition) is 4. The average molecular weight is 338 g/mol. The molecule has 0 aliphatic heterocycles. The van der Waals surface area contributed by atoms with Crippen molar-refractivity contribution in [3.8, 4) is 11.5 Å². The van der Waals surface area contributed by atoms with Gasteiger partial charge in [0.2, 0.25) is 0 Å². The van der Waals surface area contributed by atoms with Crippen LogP contribution in [0.2, 0.25) is 0 Å². The normalized spacial score (nSPS) is 12.2. The van der Waals surface area contributed by atoms with Crippen LogP contribution in [0.15, 0.2) is 18.2 Å². The summed E-state index contributed by atoms with van der Waals surface area (Å²) in [6.07, 6.45) is 2.19. The Morgan fingerprint density at radius 3 is 2.42 bits per heavy atom. The van der Waals surface area contributed by atoms with Gasteiger partial charge in [0, 0.05) is 20.1 Å². The van der Waals surface area contributed by atoms with Crippen LogP contribution < -0.4 is 9.47 Å². The molecule has 0 heterocycles. The van der Waals surface area contributed by atoms with Crippen LogP contribution in [0.4, 0.5) is 0 Å². The maximum atomic E-state index is 11.4. The van der Waals surface area contributed by atoms with Gasteiger partial charge < -0.3 is 19.3 Å². The number of carboxylic acid groups (broad SMARTS) is 1. The Bertz CT molecular complexity index is 499. The highest BCUT2D eigenvalue weighted by atomic mass is 16.5. The molecule has 1 atom stereocenters. The molecule has 0 saturated heterocycles. The Balaban J connectivity index is 2.87. The van der Waals surface area contributed by atoms with Crippen LogP contribution >= 0.6 is 0 Å². The maximum Gasteiger partial charge on any atom is 0.307 e. The third-order valence-corrected chi connectivity index (χ3v) is 3.80. The summed E-state index contributed by atoms with van der Waals surface area (Å²) in [6.45, 7) is 7.70. The van der Waals surface area contributed by atoms with Gasteiger partial charge in [-0.15, -0.1) is 0 Å². The first-order valence-corrected chi connectivity index (χ1v) is 8.59. The van der Waals surface area contributed by atoms with Gasteiger partial charge in [-0.1, -0.05) is 26.8 Å². The van der Waals surface area contributed by atoms with Crippen molar-refractivity contribution in [1.29, 1.82) is 0 Å². The van der Waals surface area contributed by atoms with E-state index in [4.69, 9.17) is 14.2 Å². The molecule has 0 unspecified atom stereocenters. The smallest absolute Gasteiger partial charge is 0.307 e. The third-order valence-electron chi connectivity index (χ3n) is 3.80. The van der Waals surface area contributed by atoms with Crippen molar-refractivity contribution in [2.24, 2.45) is 11.8 Å². The SMILES string of the molecule is CCCOc1ccc(C[C@@H](C(=O)O)C(C)C)cc1OCCCOC. The number of ether oxygens (including phenoxy) is 3. The van der Waals surface area contributed by atoms with Gasteiger partial charge in [0.25, 0.3) is 0 Å². The van der Waals surface area contributed by atoms with Crippen LogP contribution in [0, 0.1) is 11.8 Å². The fourth-order valence-electron chi connectivity index (χ4n) is 2.37. The predicted molar refractivity (Wildman–Crippen MR) is 93.9 cm³/mol. The number of benzene rings is 1. The largest absolute Gasteiger partial charge is 0.490 e. The van der Waals surface area contributed by atoms with Gasteiger partial charge in [-0.3, -0.25) is 4.79 Å². The number of aliphatic carboxylic acids is 1. The van der Waals surface area contributed by atoms with Crippen molar-refractivity contribution >= 4 is 5.97 Å². The summed E-state index contributed by atoms with van der Waals surface area (Å²) in [6, 6.07) is 5.69. The standard InChI is InChI=1S/C19H30O5/c1-5-9-23-17-8-7-15(12-16(14(2)3)19(20)21)13-18(17)24-11-6-10-22-4/h7-8,13-14,16H,5-6,9-12H2,1-4H3,(H,20,21)/t16-/m1/s1.